The second-order valence-electron chi connectivity index (χ2n) is 6.79. The first kappa shape index (κ1) is 20.0. The number of halogens is 1. The molecule has 0 radical (unpaired) electrons. The summed E-state index contributed by atoms with van der Waals surface area (Å²) in [6.07, 6.45) is 0.0876. The topological polar surface area (TPSA) is 70.2 Å². The Morgan fingerprint density at radius 3 is 2.35 bits per heavy atom. The molecule has 1 aromatic heterocycles. The Bertz CT molecular complexity index is 736. The van der Waals surface area contributed by atoms with Crippen LogP contribution in [0, 0.1) is 0 Å². The molecule has 1 aromatic rings. The highest BCUT2D eigenvalue weighted by atomic mass is 35.5. The van der Waals surface area contributed by atoms with E-state index in [0.717, 1.165) is 11.3 Å². The van der Waals surface area contributed by atoms with Gasteiger partial charge in [0.25, 0.3) is 10.0 Å². The molecule has 0 aliphatic carbocycles. The first-order valence-electron chi connectivity index (χ1n) is 8.67. The van der Waals surface area contributed by atoms with Gasteiger partial charge in [0, 0.05) is 39.3 Å². The standard InChI is InChI=1S/C16H24ClN3O4S2/c1-12-9-19(10-13(2)24-12)15(21)11-18-5-7-20(8-6-18)26(22,23)16-4-3-14(17)25-16/h3-4,12-13H,5-11H2,1-2H3/t12-,13-/m0/s1. The van der Waals surface area contributed by atoms with Gasteiger partial charge in [-0.15, -0.1) is 11.3 Å². The molecule has 2 aliphatic heterocycles. The fourth-order valence-electron chi connectivity index (χ4n) is 3.36. The van der Waals surface area contributed by atoms with Crippen molar-refractivity contribution in [2.45, 2.75) is 30.3 Å². The van der Waals surface area contributed by atoms with Gasteiger partial charge in [-0.1, -0.05) is 11.6 Å². The lowest BCUT2D eigenvalue weighted by Gasteiger charge is -2.38. The molecule has 0 saturated carbocycles. The zero-order valence-electron chi connectivity index (χ0n) is 14.9. The zero-order valence-corrected chi connectivity index (χ0v) is 17.3. The molecule has 3 rings (SSSR count). The third-order valence-corrected chi connectivity index (χ3v) is 8.20. The van der Waals surface area contributed by atoms with Crippen molar-refractivity contribution in [1.82, 2.24) is 14.1 Å². The second kappa shape index (κ2) is 8.12. The van der Waals surface area contributed by atoms with E-state index in [1.807, 2.05) is 23.6 Å². The Balaban J connectivity index is 1.53. The molecular formula is C16H24ClN3O4S2. The van der Waals surface area contributed by atoms with Crippen molar-refractivity contribution in [3.63, 3.8) is 0 Å². The molecule has 2 saturated heterocycles. The minimum absolute atomic E-state index is 0.0438. The summed E-state index contributed by atoms with van der Waals surface area (Å²) in [7, 11) is -3.50. The fraction of sp³-hybridized carbons (Fsp3) is 0.688. The van der Waals surface area contributed by atoms with Crippen molar-refractivity contribution >= 4 is 38.9 Å². The van der Waals surface area contributed by atoms with Crippen molar-refractivity contribution in [2.75, 3.05) is 45.8 Å². The van der Waals surface area contributed by atoms with Crippen molar-refractivity contribution in [1.29, 1.82) is 0 Å². The molecule has 2 atom stereocenters. The number of carbonyl (C=O) groups is 1. The maximum atomic E-state index is 12.6. The SMILES string of the molecule is C[C@H]1CN(C(=O)CN2CCN(S(=O)(=O)c3ccc(Cl)s3)CC2)C[C@H](C)O1. The lowest BCUT2D eigenvalue weighted by molar-refractivity contribution is -0.144. The van der Waals surface area contributed by atoms with Crippen LogP contribution in [0.3, 0.4) is 0 Å². The summed E-state index contributed by atoms with van der Waals surface area (Å²) in [6, 6.07) is 3.14. The quantitative estimate of drug-likeness (QED) is 0.733. The van der Waals surface area contributed by atoms with Gasteiger partial charge in [0.1, 0.15) is 4.21 Å². The first-order valence-corrected chi connectivity index (χ1v) is 11.3. The van der Waals surface area contributed by atoms with E-state index < -0.39 is 10.0 Å². The van der Waals surface area contributed by atoms with Gasteiger partial charge in [0.15, 0.2) is 0 Å². The van der Waals surface area contributed by atoms with Crippen LogP contribution in [-0.2, 0) is 19.6 Å². The second-order valence-corrected chi connectivity index (χ2v) is 10.7. The number of sulfonamides is 1. The molecule has 0 unspecified atom stereocenters. The summed E-state index contributed by atoms with van der Waals surface area (Å²) < 4.78 is 33.1. The number of amides is 1. The van der Waals surface area contributed by atoms with Gasteiger partial charge < -0.3 is 9.64 Å². The molecule has 1 amide bonds. The van der Waals surface area contributed by atoms with Crippen molar-refractivity contribution in [2.24, 2.45) is 0 Å². The number of piperazine rings is 1. The van der Waals surface area contributed by atoms with Crippen LogP contribution in [-0.4, -0.2) is 86.5 Å². The molecule has 3 heterocycles. The molecule has 0 bridgehead atoms. The van der Waals surface area contributed by atoms with Gasteiger partial charge >= 0.3 is 0 Å². The number of hydrogen-bond donors (Lipinski definition) is 0. The van der Waals surface area contributed by atoms with Crippen LogP contribution in [0.2, 0.25) is 4.34 Å². The maximum Gasteiger partial charge on any atom is 0.252 e. The first-order chi connectivity index (χ1) is 12.3. The van der Waals surface area contributed by atoms with Gasteiger partial charge in [-0.3, -0.25) is 9.69 Å². The number of hydrogen-bond acceptors (Lipinski definition) is 6. The molecule has 0 spiro atoms. The van der Waals surface area contributed by atoms with E-state index >= 15 is 0 Å². The molecule has 0 aromatic carbocycles. The summed E-state index contributed by atoms with van der Waals surface area (Å²) in [5.41, 5.74) is 0. The highest BCUT2D eigenvalue weighted by Crippen LogP contribution is 2.28. The Labute approximate surface area is 163 Å². The summed E-state index contributed by atoms with van der Waals surface area (Å²) in [5, 5.41) is 0. The summed E-state index contributed by atoms with van der Waals surface area (Å²) in [4.78, 5) is 16.4. The number of morpholine rings is 1. The van der Waals surface area contributed by atoms with E-state index in [1.165, 1.54) is 4.31 Å². The molecule has 146 valence electrons. The zero-order chi connectivity index (χ0) is 18.9. The Morgan fingerprint density at radius 1 is 1.19 bits per heavy atom. The maximum absolute atomic E-state index is 12.6. The molecule has 10 heteroatoms. The normalized spacial score (nSPS) is 26.2. The lowest BCUT2D eigenvalue weighted by atomic mass is 10.2. The number of nitrogens with zero attached hydrogens (tertiary/aromatic N) is 3. The van der Waals surface area contributed by atoms with Crippen LogP contribution in [0.5, 0.6) is 0 Å². The minimum atomic E-state index is -3.50. The predicted molar refractivity (Wildman–Crippen MR) is 101 cm³/mol. The van der Waals surface area contributed by atoms with Gasteiger partial charge in [-0.2, -0.15) is 4.31 Å². The average molecular weight is 422 g/mol. The molecule has 0 N–H and O–H groups in total. The fourth-order valence-corrected chi connectivity index (χ4v) is 6.42. The monoisotopic (exact) mass is 421 g/mol. The van der Waals surface area contributed by atoms with Crippen LogP contribution >= 0.6 is 22.9 Å². The van der Waals surface area contributed by atoms with E-state index in [4.69, 9.17) is 16.3 Å². The van der Waals surface area contributed by atoms with Gasteiger partial charge in [0.05, 0.1) is 23.1 Å². The molecule has 2 aliphatic rings. The van der Waals surface area contributed by atoms with Crippen molar-refractivity contribution < 1.29 is 17.9 Å². The number of thiophene rings is 1. The van der Waals surface area contributed by atoms with Crippen LogP contribution < -0.4 is 0 Å². The third kappa shape index (κ3) is 4.58. The van der Waals surface area contributed by atoms with Gasteiger partial charge in [-0.25, -0.2) is 8.42 Å². The van der Waals surface area contributed by atoms with Crippen molar-refractivity contribution in [3.05, 3.63) is 16.5 Å². The number of carbonyl (C=O) groups excluding carboxylic acids is 1. The molecular weight excluding hydrogens is 398 g/mol. The van der Waals surface area contributed by atoms with Crippen molar-refractivity contribution in [3.8, 4) is 0 Å². The van der Waals surface area contributed by atoms with E-state index in [-0.39, 0.29) is 22.3 Å². The van der Waals surface area contributed by atoms with E-state index in [2.05, 4.69) is 0 Å². The smallest absolute Gasteiger partial charge is 0.252 e. The average Bonchev–Trinajstić information content (AvgIpc) is 3.02. The molecule has 26 heavy (non-hydrogen) atoms. The van der Waals surface area contributed by atoms with Crippen LogP contribution in [0.4, 0.5) is 0 Å². The van der Waals surface area contributed by atoms with E-state index in [1.54, 1.807) is 12.1 Å². The Morgan fingerprint density at radius 2 is 1.81 bits per heavy atom. The van der Waals surface area contributed by atoms with E-state index in [0.29, 0.717) is 50.1 Å². The Kier molecular flexibility index (Phi) is 6.25. The minimum Gasteiger partial charge on any atom is -0.372 e. The highest BCUT2D eigenvalue weighted by molar-refractivity contribution is 7.91. The van der Waals surface area contributed by atoms with E-state index in [9.17, 15) is 13.2 Å². The summed E-state index contributed by atoms with van der Waals surface area (Å²) in [5.74, 6) is 0.0772. The largest absolute Gasteiger partial charge is 0.372 e. The van der Waals surface area contributed by atoms with Crippen LogP contribution in [0.15, 0.2) is 16.3 Å². The Hall–Kier alpha value is -0.710. The summed E-state index contributed by atoms with van der Waals surface area (Å²) >= 11 is 6.92. The number of ether oxygens (including phenoxy) is 1. The lowest BCUT2D eigenvalue weighted by Crippen LogP contribution is -2.54. The van der Waals surface area contributed by atoms with Gasteiger partial charge in [0.2, 0.25) is 5.91 Å². The third-order valence-electron chi connectivity index (χ3n) is 4.61. The predicted octanol–water partition coefficient (Wildman–Crippen LogP) is 1.34. The summed E-state index contributed by atoms with van der Waals surface area (Å²) in [6.45, 7) is 7.30. The van der Waals surface area contributed by atoms with Crippen LogP contribution in [0.25, 0.3) is 0 Å². The van der Waals surface area contributed by atoms with Crippen LogP contribution in [0.1, 0.15) is 13.8 Å². The highest BCUT2D eigenvalue weighted by Gasteiger charge is 2.32. The van der Waals surface area contributed by atoms with Gasteiger partial charge in [-0.05, 0) is 26.0 Å². The molecule has 7 nitrogen and oxygen atoms in total. The molecule has 2 fully saturated rings. The number of rotatable bonds is 4.